The Labute approximate surface area is 108 Å². The SMILES string of the molecule is OCC1(Nc2ncncc2I)CCOCC1. The van der Waals surface area contributed by atoms with Gasteiger partial charge in [0.25, 0.3) is 0 Å². The van der Waals surface area contributed by atoms with E-state index in [1.54, 1.807) is 6.20 Å². The van der Waals surface area contributed by atoms with Gasteiger partial charge in [-0.2, -0.15) is 0 Å². The highest BCUT2D eigenvalue weighted by Gasteiger charge is 2.32. The highest BCUT2D eigenvalue weighted by atomic mass is 127. The molecular formula is C10H14IN3O2. The summed E-state index contributed by atoms with van der Waals surface area (Å²) in [6.45, 7) is 1.45. The van der Waals surface area contributed by atoms with Crippen LogP contribution in [-0.2, 0) is 4.74 Å². The fraction of sp³-hybridized carbons (Fsp3) is 0.600. The van der Waals surface area contributed by atoms with Crippen molar-refractivity contribution in [1.29, 1.82) is 0 Å². The molecule has 6 heteroatoms. The fourth-order valence-electron chi connectivity index (χ4n) is 1.74. The van der Waals surface area contributed by atoms with E-state index in [9.17, 15) is 5.11 Å². The third-order valence-electron chi connectivity index (χ3n) is 2.80. The van der Waals surface area contributed by atoms with E-state index in [0.29, 0.717) is 13.2 Å². The average Bonchev–Trinajstić information content (AvgIpc) is 2.33. The van der Waals surface area contributed by atoms with Gasteiger partial charge in [-0.05, 0) is 35.4 Å². The quantitative estimate of drug-likeness (QED) is 0.808. The van der Waals surface area contributed by atoms with Crippen LogP contribution in [0.25, 0.3) is 0 Å². The molecule has 1 aliphatic rings. The van der Waals surface area contributed by atoms with Crippen LogP contribution in [0.15, 0.2) is 12.5 Å². The van der Waals surface area contributed by atoms with E-state index in [2.05, 4.69) is 37.9 Å². The predicted molar refractivity (Wildman–Crippen MR) is 68.2 cm³/mol. The number of rotatable bonds is 3. The van der Waals surface area contributed by atoms with Gasteiger partial charge in [0.1, 0.15) is 12.1 Å². The van der Waals surface area contributed by atoms with E-state index in [1.165, 1.54) is 6.33 Å². The summed E-state index contributed by atoms with van der Waals surface area (Å²) in [5.41, 5.74) is -0.299. The molecule has 0 aliphatic carbocycles. The van der Waals surface area contributed by atoms with Crippen molar-refractivity contribution in [1.82, 2.24) is 9.97 Å². The summed E-state index contributed by atoms with van der Waals surface area (Å²) in [7, 11) is 0. The summed E-state index contributed by atoms with van der Waals surface area (Å²) in [6.07, 6.45) is 4.85. The molecule has 0 radical (unpaired) electrons. The monoisotopic (exact) mass is 335 g/mol. The summed E-state index contributed by atoms with van der Waals surface area (Å²) in [6, 6.07) is 0. The topological polar surface area (TPSA) is 67.3 Å². The van der Waals surface area contributed by atoms with Crippen molar-refractivity contribution in [2.75, 3.05) is 25.1 Å². The Morgan fingerprint density at radius 2 is 2.25 bits per heavy atom. The second-order valence-electron chi connectivity index (χ2n) is 3.90. The van der Waals surface area contributed by atoms with Crippen LogP contribution in [0.4, 0.5) is 5.82 Å². The minimum atomic E-state index is -0.299. The van der Waals surface area contributed by atoms with Crippen LogP contribution in [0.1, 0.15) is 12.8 Å². The number of aromatic nitrogens is 2. The molecule has 0 aromatic carbocycles. The van der Waals surface area contributed by atoms with Gasteiger partial charge in [-0.1, -0.05) is 0 Å². The smallest absolute Gasteiger partial charge is 0.143 e. The third-order valence-corrected chi connectivity index (χ3v) is 3.59. The highest BCUT2D eigenvalue weighted by Crippen LogP contribution is 2.26. The van der Waals surface area contributed by atoms with Crippen molar-refractivity contribution in [3.05, 3.63) is 16.1 Å². The minimum Gasteiger partial charge on any atom is -0.394 e. The molecule has 0 unspecified atom stereocenters. The van der Waals surface area contributed by atoms with E-state index in [0.717, 1.165) is 22.2 Å². The predicted octanol–water partition coefficient (Wildman–Crippen LogP) is 1.03. The molecular weight excluding hydrogens is 321 g/mol. The van der Waals surface area contributed by atoms with Gasteiger partial charge in [0.2, 0.25) is 0 Å². The maximum Gasteiger partial charge on any atom is 0.143 e. The van der Waals surface area contributed by atoms with Crippen LogP contribution in [0, 0.1) is 3.57 Å². The zero-order chi connectivity index (χ0) is 11.4. The maximum atomic E-state index is 9.53. The molecule has 2 heterocycles. The fourth-order valence-corrected chi connectivity index (χ4v) is 2.18. The van der Waals surface area contributed by atoms with Crippen LogP contribution >= 0.6 is 22.6 Å². The van der Waals surface area contributed by atoms with Crippen LogP contribution < -0.4 is 5.32 Å². The molecule has 1 saturated heterocycles. The Balaban J connectivity index is 2.15. The van der Waals surface area contributed by atoms with Crippen LogP contribution in [-0.4, -0.2) is 40.4 Å². The lowest BCUT2D eigenvalue weighted by molar-refractivity contribution is 0.0378. The number of hydrogen-bond donors (Lipinski definition) is 2. The summed E-state index contributed by atoms with van der Waals surface area (Å²) < 4.78 is 6.27. The number of aliphatic hydroxyl groups excluding tert-OH is 1. The van der Waals surface area contributed by atoms with Gasteiger partial charge in [0.15, 0.2) is 0 Å². The van der Waals surface area contributed by atoms with Gasteiger partial charge < -0.3 is 15.2 Å². The number of ether oxygens (including phenoxy) is 1. The normalized spacial score (nSPS) is 19.4. The van der Waals surface area contributed by atoms with E-state index < -0.39 is 0 Å². The molecule has 1 aliphatic heterocycles. The zero-order valence-electron chi connectivity index (χ0n) is 8.82. The summed E-state index contributed by atoms with van der Waals surface area (Å²) in [4.78, 5) is 8.12. The summed E-state index contributed by atoms with van der Waals surface area (Å²) >= 11 is 2.18. The molecule has 16 heavy (non-hydrogen) atoms. The molecule has 2 N–H and O–H groups in total. The number of anilines is 1. The van der Waals surface area contributed by atoms with E-state index >= 15 is 0 Å². The van der Waals surface area contributed by atoms with Crippen LogP contribution in [0.2, 0.25) is 0 Å². The molecule has 5 nitrogen and oxygen atoms in total. The lowest BCUT2D eigenvalue weighted by Gasteiger charge is -2.36. The molecule has 2 rings (SSSR count). The Bertz CT molecular complexity index is 356. The van der Waals surface area contributed by atoms with Gasteiger partial charge >= 0.3 is 0 Å². The van der Waals surface area contributed by atoms with Gasteiger partial charge in [-0.3, -0.25) is 0 Å². The van der Waals surface area contributed by atoms with Gasteiger partial charge in [-0.25, -0.2) is 9.97 Å². The standard InChI is InChI=1S/C10H14IN3O2/c11-8-5-12-7-13-9(8)14-10(6-15)1-3-16-4-2-10/h5,7,15H,1-4,6H2,(H,12,13,14). The lowest BCUT2D eigenvalue weighted by Crippen LogP contribution is -2.47. The Hall–Kier alpha value is -0.470. The van der Waals surface area contributed by atoms with Gasteiger partial charge in [-0.15, -0.1) is 0 Å². The molecule has 0 atom stereocenters. The number of hydrogen-bond acceptors (Lipinski definition) is 5. The molecule has 0 saturated carbocycles. The van der Waals surface area contributed by atoms with E-state index in [-0.39, 0.29) is 12.1 Å². The zero-order valence-corrected chi connectivity index (χ0v) is 11.0. The van der Waals surface area contributed by atoms with Crippen molar-refractivity contribution in [2.45, 2.75) is 18.4 Å². The van der Waals surface area contributed by atoms with Crippen molar-refractivity contribution in [3.63, 3.8) is 0 Å². The first kappa shape index (κ1) is 12.0. The van der Waals surface area contributed by atoms with Crippen molar-refractivity contribution >= 4 is 28.4 Å². The Morgan fingerprint density at radius 3 is 2.88 bits per heavy atom. The molecule has 0 bridgehead atoms. The Kier molecular flexibility index (Phi) is 3.93. The number of nitrogens with zero attached hydrogens (tertiary/aromatic N) is 2. The first-order valence-electron chi connectivity index (χ1n) is 5.18. The maximum absolute atomic E-state index is 9.53. The average molecular weight is 335 g/mol. The molecule has 1 aromatic rings. The number of aliphatic hydroxyl groups is 1. The number of halogens is 1. The molecule has 0 amide bonds. The first-order valence-corrected chi connectivity index (χ1v) is 6.26. The van der Waals surface area contributed by atoms with Gasteiger partial charge in [0.05, 0.1) is 15.7 Å². The second-order valence-corrected chi connectivity index (χ2v) is 5.06. The molecule has 1 aromatic heterocycles. The highest BCUT2D eigenvalue weighted by molar-refractivity contribution is 14.1. The van der Waals surface area contributed by atoms with Crippen LogP contribution in [0.5, 0.6) is 0 Å². The molecule has 1 fully saturated rings. The number of nitrogens with one attached hydrogen (secondary N) is 1. The van der Waals surface area contributed by atoms with Gasteiger partial charge in [0, 0.05) is 19.4 Å². The molecule has 0 spiro atoms. The lowest BCUT2D eigenvalue weighted by atomic mass is 9.91. The first-order chi connectivity index (χ1) is 7.76. The Morgan fingerprint density at radius 1 is 1.50 bits per heavy atom. The third kappa shape index (κ3) is 2.61. The van der Waals surface area contributed by atoms with Crippen LogP contribution in [0.3, 0.4) is 0 Å². The van der Waals surface area contributed by atoms with Crippen molar-refractivity contribution in [2.24, 2.45) is 0 Å². The minimum absolute atomic E-state index is 0.0937. The van der Waals surface area contributed by atoms with Crippen molar-refractivity contribution < 1.29 is 9.84 Å². The van der Waals surface area contributed by atoms with E-state index in [1.807, 2.05) is 0 Å². The summed E-state index contributed by atoms with van der Waals surface area (Å²) in [5.74, 6) is 0.784. The molecule has 88 valence electrons. The van der Waals surface area contributed by atoms with Crippen molar-refractivity contribution in [3.8, 4) is 0 Å². The largest absolute Gasteiger partial charge is 0.394 e. The summed E-state index contributed by atoms with van der Waals surface area (Å²) in [5, 5.41) is 12.9. The second kappa shape index (κ2) is 5.24. The van der Waals surface area contributed by atoms with E-state index in [4.69, 9.17) is 4.74 Å².